The average molecular weight is 296 g/mol. The number of thiazole rings is 1. The van der Waals surface area contributed by atoms with Crippen molar-refractivity contribution in [3.63, 3.8) is 0 Å². The Morgan fingerprint density at radius 3 is 2.95 bits per heavy atom. The molecule has 0 aliphatic rings. The highest BCUT2D eigenvalue weighted by Gasteiger charge is 2.07. The van der Waals surface area contributed by atoms with Crippen molar-refractivity contribution < 1.29 is 0 Å². The van der Waals surface area contributed by atoms with Gasteiger partial charge in [-0.25, -0.2) is 4.98 Å². The molecular formula is C15H12N4OS. The first-order valence-electron chi connectivity index (χ1n) is 6.33. The molecule has 0 radical (unpaired) electrons. The van der Waals surface area contributed by atoms with Crippen LogP contribution in [0, 0.1) is 11.8 Å². The molecule has 21 heavy (non-hydrogen) atoms. The number of aryl methyl sites for hydroxylation is 1. The number of pyridine rings is 1. The molecule has 0 atom stereocenters. The van der Waals surface area contributed by atoms with E-state index < -0.39 is 0 Å². The normalized spacial score (nSPS) is 10.3. The van der Waals surface area contributed by atoms with Crippen LogP contribution in [0.25, 0.3) is 11.3 Å². The number of hydrogen-bond acceptors (Lipinski definition) is 6. The Bertz CT molecular complexity index is 770. The maximum Gasteiger partial charge on any atom is 0.187 e. The Labute approximate surface area is 125 Å². The van der Waals surface area contributed by atoms with E-state index in [1.807, 2.05) is 30.5 Å². The van der Waals surface area contributed by atoms with Gasteiger partial charge in [-0.05, 0) is 41.9 Å². The summed E-state index contributed by atoms with van der Waals surface area (Å²) in [6, 6.07) is 9.11. The fourth-order valence-corrected chi connectivity index (χ4v) is 2.63. The van der Waals surface area contributed by atoms with Crippen molar-refractivity contribution in [1.82, 2.24) is 9.97 Å². The van der Waals surface area contributed by atoms with Crippen LogP contribution < -0.4 is 5.32 Å². The minimum absolute atomic E-state index is 0.395. The lowest BCUT2D eigenvalue weighted by molar-refractivity contribution is 1.30. The largest absolute Gasteiger partial charge is 0.331 e. The molecule has 2 aromatic heterocycles. The van der Waals surface area contributed by atoms with Gasteiger partial charge in [0.15, 0.2) is 5.13 Å². The van der Waals surface area contributed by atoms with E-state index in [1.165, 1.54) is 11.3 Å². The van der Waals surface area contributed by atoms with E-state index in [0.717, 1.165) is 27.6 Å². The van der Waals surface area contributed by atoms with Gasteiger partial charge in [-0.2, -0.15) is 0 Å². The van der Waals surface area contributed by atoms with E-state index in [-0.39, 0.29) is 0 Å². The number of aromatic nitrogens is 2. The molecular weight excluding hydrogens is 284 g/mol. The van der Waals surface area contributed by atoms with E-state index in [2.05, 4.69) is 20.5 Å². The van der Waals surface area contributed by atoms with Crippen LogP contribution >= 0.6 is 11.3 Å². The summed E-state index contributed by atoms with van der Waals surface area (Å²) in [5.41, 5.74) is 4.10. The Morgan fingerprint density at radius 2 is 2.19 bits per heavy atom. The van der Waals surface area contributed by atoms with Gasteiger partial charge in [-0.15, -0.1) is 16.2 Å². The lowest BCUT2D eigenvalue weighted by Crippen LogP contribution is -1.92. The summed E-state index contributed by atoms with van der Waals surface area (Å²) < 4.78 is 0. The Balaban J connectivity index is 1.86. The minimum Gasteiger partial charge on any atom is -0.331 e. The summed E-state index contributed by atoms with van der Waals surface area (Å²) in [7, 11) is 0. The fraction of sp³-hybridized carbons (Fsp3) is 0.0667. The second-order valence-corrected chi connectivity index (χ2v) is 5.35. The minimum atomic E-state index is 0.395. The Morgan fingerprint density at radius 1 is 1.29 bits per heavy atom. The first-order valence-corrected chi connectivity index (χ1v) is 7.21. The molecule has 0 aliphatic carbocycles. The first-order chi connectivity index (χ1) is 10.3. The second kappa shape index (κ2) is 5.80. The molecule has 0 amide bonds. The topological polar surface area (TPSA) is 67.2 Å². The number of nitrogens with zero attached hydrogens (tertiary/aromatic N) is 3. The number of hydrogen-bond donors (Lipinski definition) is 1. The Hall–Kier alpha value is -2.60. The molecule has 2 heterocycles. The maximum absolute atomic E-state index is 10.6. The molecule has 5 nitrogen and oxygen atoms in total. The van der Waals surface area contributed by atoms with Crippen molar-refractivity contribution in [1.29, 1.82) is 0 Å². The van der Waals surface area contributed by atoms with E-state index in [4.69, 9.17) is 0 Å². The van der Waals surface area contributed by atoms with Gasteiger partial charge in [0.05, 0.1) is 5.69 Å². The quantitative estimate of drug-likeness (QED) is 0.711. The van der Waals surface area contributed by atoms with Crippen LogP contribution in [0.5, 0.6) is 0 Å². The summed E-state index contributed by atoms with van der Waals surface area (Å²) in [6.45, 7) is 1.96. The third kappa shape index (κ3) is 2.95. The van der Waals surface area contributed by atoms with Crippen molar-refractivity contribution in [2.75, 3.05) is 5.32 Å². The van der Waals surface area contributed by atoms with Gasteiger partial charge < -0.3 is 5.32 Å². The van der Waals surface area contributed by atoms with Crippen molar-refractivity contribution in [2.24, 2.45) is 5.18 Å². The molecule has 0 unspecified atom stereocenters. The molecule has 3 aromatic rings. The zero-order valence-corrected chi connectivity index (χ0v) is 12.1. The van der Waals surface area contributed by atoms with Crippen LogP contribution in [0.4, 0.5) is 16.5 Å². The van der Waals surface area contributed by atoms with E-state index in [1.54, 1.807) is 24.5 Å². The van der Waals surface area contributed by atoms with E-state index in [9.17, 15) is 4.91 Å². The number of nitroso groups, excluding NO2 is 1. The zero-order valence-electron chi connectivity index (χ0n) is 11.3. The van der Waals surface area contributed by atoms with Gasteiger partial charge in [-0.1, -0.05) is 6.07 Å². The highest BCUT2D eigenvalue weighted by Crippen LogP contribution is 2.29. The molecule has 0 saturated carbocycles. The van der Waals surface area contributed by atoms with Crippen LogP contribution in [-0.2, 0) is 0 Å². The number of nitrogens with one attached hydrogen (secondary N) is 1. The van der Waals surface area contributed by atoms with Crippen molar-refractivity contribution in [2.45, 2.75) is 6.92 Å². The standard InChI is InChI=1S/C15H12N4OS/c1-10-4-5-12(19-20)7-13(10)17-15-18-14(9-21-15)11-3-2-6-16-8-11/h2-9H,1H3,(H,17,18). The highest BCUT2D eigenvalue weighted by molar-refractivity contribution is 7.14. The molecule has 104 valence electrons. The van der Waals surface area contributed by atoms with Gasteiger partial charge in [-0.3, -0.25) is 4.98 Å². The van der Waals surface area contributed by atoms with Crippen molar-refractivity contribution in [3.05, 3.63) is 58.6 Å². The molecule has 0 aliphatic heterocycles. The second-order valence-electron chi connectivity index (χ2n) is 4.50. The zero-order chi connectivity index (χ0) is 14.7. The van der Waals surface area contributed by atoms with Crippen molar-refractivity contribution >= 4 is 27.8 Å². The maximum atomic E-state index is 10.6. The van der Waals surface area contributed by atoms with Crippen molar-refractivity contribution in [3.8, 4) is 11.3 Å². The number of rotatable bonds is 4. The van der Waals surface area contributed by atoms with Crippen LogP contribution in [0.3, 0.4) is 0 Å². The Kier molecular flexibility index (Phi) is 3.70. The van der Waals surface area contributed by atoms with E-state index in [0.29, 0.717) is 5.69 Å². The molecule has 1 N–H and O–H groups in total. The summed E-state index contributed by atoms with van der Waals surface area (Å²) in [6.07, 6.45) is 3.51. The lowest BCUT2D eigenvalue weighted by Gasteiger charge is -2.06. The van der Waals surface area contributed by atoms with Gasteiger partial charge in [0.25, 0.3) is 0 Å². The predicted octanol–water partition coefficient (Wildman–Crippen LogP) is 4.66. The van der Waals surface area contributed by atoms with Gasteiger partial charge >= 0.3 is 0 Å². The van der Waals surface area contributed by atoms with Crippen LogP contribution in [0.15, 0.2) is 53.3 Å². The third-order valence-corrected chi connectivity index (χ3v) is 3.79. The smallest absolute Gasteiger partial charge is 0.187 e. The molecule has 1 aromatic carbocycles. The summed E-state index contributed by atoms with van der Waals surface area (Å²) >= 11 is 1.50. The van der Waals surface area contributed by atoms with Gasteiger partial charge in [0.1, 0.15) is 5.69 Å². The lowest BCUT2D eigenvalue weighted by atomic mass is 10.2. The molecule has 0 spiro atoms. The van der Waals surface area contributed by atoms with Crippen LogP contribution in [0.2, 0.25) is 0 Å². The summed E-state index contributed by atoms with van der Waals surface area (Å²) in [4.78, 5) is 19.2. The monoisotopic (exact) mass is 296 g/mol. The summed E-state index contributed by atoms with van der Waals surface area (Å²) in [5, 5.41) is 8.91. The fourth-order valence-electron chi connectivity index (χ4n) is 1.89. The number of anilines is 2. The molecule has 0 bridgehead atoms. The predicted molar refractivity (Wildman–Crippen MR) is 85.3 cm³/mol. The third-order valence-electron chi connectivity index (χ3n) is 3.03. The van der Waals surface area contributed by atoms with Gasteiger partial charge in [0, 0.05) is 29.0 Å². The summed E-state index contributed by atoms with van der Waals surface area (Å²) in [5.74, 6) is 0. The van der Waals surface area contributed by atoms with Crippen LogP contribution in [-0.4, -0.2) is 9.97 Å². The average Bonchev–Trinajstić information content (AvgIpc) is 2.99. The molecule has 0 fully saturated rings. The molecule has 3 rings (SSSR count). The molecule has 0 saturated heterocycles. The SMILES string of the molecule is Cc1ccc(N=O)cc1Nc1nc(-c2cccnc2)cs1. The number of benzene rings is 1. The molecule has 6 heteroatoms. The van der Waals surface area contributed by atoms with Crippen LogP contribution in [0.1, 0.15) is 5.56 Å². The highest BCUT2D eigenvalue weighted by atomic mass is 32.1. The first kappa shape index (κ1) is 13.4. The van der Waals surface area contributed by atoms with Gasteiger partial charge in [0.2, 0.25) is 0 Å². The van der Waals surface area contributed by atoms with E-state index >= 15 is 0 Å².